The van der Waals surface area contributed by atoms with E-state index in [1.54, 1.807) is 12.1 Å². The number of aromatic nitrogens is 2. The molecule has 1 saturated heterocycles. The van der Waals surface area contributed by atoms with Crippen molar-refractivity contribution in [1.29, 1.82) is 0 Å². The number of anilines is 2. The van der Waals surface area contributed by atoms with Gasteiger partial charge in [0.15, 0.2) is 5.82 Å². The smallest absolute Gasteiger partial charge is 0.285 e. The predicted octanol–water partition coefficient (Wildman–Crippen LogP) is 4.82. The van der Waals surface area contributed by atoms with Gasteiger partial charge in [0.1, 0.15) is 17.7 Å². The van der Waals surface area contributed by atoms with Crippen LogP contribution in [0.5, 0.6) is 0 Å². The van der Waals surface area contributed by atoms with E-state index in [1.165, 1.54) is 24.5 Å². The molecule has 0 radical (unpaired) electrons. The standard InChI is InChI=1S/C22H19ClFN5O2/c1-22(7-9-25-10-8-22)6-5-14-11-18-15(12-19(14)29(30)31)21(27-13-26-18)28-17-4-2-3-16(23)20(17)24/h2-4,11-13,25H,7-10H2,1H3,(H,26,27,28). The molecular formula is C22H19ClFN5O2. The van der Waals surface area contributed by atoms with Crippen LogP contribution >= 0.6 is 11.6 Å². The summed E-state index contributed by atoms with van der Waals surface area (Å²) in [6.07, 6.45) is 3.07. The Morgan fingerprint density at radius 2 is 2.06 bits per heavy atom. The monoisotopic (exact) mass is 439 g/mol. The molecule has 0 unspecified atom stereocenters. The van der Waals surface area contributed by atoms with Gasteiger partial charge >= 0.3 is 0 Å². The molecule has 0 saturated carbocycles. The molecule has 158 valence electrons. The van der Waals surface area contributed by atoms with Crippen LogP contribution in [0.15, 0.2) is 36.7 Å². The first-order valence-electron chi connectivity index (χ1n) is 9.74. The number of benzene rings is 2. The number of piperidine rings is 1. The summed E-state index contributed by atoms with van der Waals surface area (Å²) in [7, 11) is 0. The zero-order valence-electron chi connectivity index (χ0n) is 16.7. The van der Waals surface area contributed by atoms with Crippen molar-refractivity contribution < 1.29 is 9.31 Å². The van der Waals surface area contributed by atoms with Crippen LogP contribution in [0.1, 0.15) is 25.3 Å². The van der Waals surface area contributed by atoms with E-state index >= 15 is 0 Å². The van der Waals surface area contributed by atoms with Crippen LogP contribution in [0, 0.1) is 33.2 Å². The van der Waals surface area contributed by atoms with Crippen molar-refractivity contribution in [1.82, 2.24) is 15.3 Å². The minimum Gasteiger partial charge on any atom is -0.337 e. The van der Waals surface area contributed by atoms with Gasteiger partial charge in [-0.2, -0.15) is 0 Å². The quantitative estimate of drug-likeness (QED) is 0.345. The molecule has 0 aliphatic carbocycles. The maximum absolute atomic E-state index is 14.3. The lowest BCUT2D eigenvalue weighted by Crippen LogP contribution is -2.33. The molecule has 2 heterocycles. The van der Waals surface area contributed by atoms with E-state index in [9.17, 15) is 14.5 Å². The van der Waals surface area contributed by atoms with Gasteiger partial charge in [0.25, 0.3) is 5.69 Å². The summed E-state index contributed by atoms with van der Waals surface area (Å²) in [6.45, 7) is 3.80. The van der Waals surface area contributed by atoms with Gasteiger partial charge in [0.05, 0.1) is 21.2 Å². The SMILES string of the molecule is CC1(C#Cc2cc3ncnc(Nc4cccc(Cl)c4F)c3cc2[N+](=O)[O-])CCNCC1. The lowest BCUT2D eigenvalue weighted by molar-refractivity contribution is -0.385. The second-order valence-corrected chi connectivity index (χ2v) is 8.06. The highest BCUT2D eigenvalue weighted by Crippen LogP contribution is 2.32. The summed E-state index contributed by atoms with van der Waals surface area (Å²) in [4.78, 5) is 19.6. The molecule has 31 heavy (non-hydrogen) atoms. The molecule has 4 rings (SSSR count). The normalized spacial score (nSPS) is 15.2. The van der Waals surface area contributed by atoms with Crippen molar-refractivity contribution in [2.75, 3.05) is 18.4 Å². The summed E-state index contributed by atoms with van der Waals surface area (Å²) < 4.78 is 14.3. The fourth-order valence-corrected chi connectivity index (χ4v) is 3.67. The second-order valence-electron chi connectivity index (χ2n) is 7.65. The fourth-order valence-electron chi connectivity index (χ4n) is 3.49. The zero-order chi connectivity index (χ0) is 22.0. The molecule has 7 nitrogen and oxygen atoms in total. The summed E-state index contributed by atoms with van der Waals surface area (Å²) >= 11 is 5.84. The molecule has 3 aromatic rings. The average molecular weight is 440 g/mol. The van der Waals surface area contributed by atoms with Crippen LogP contribution in [0.25, 0.3) is 10.9 Å². The Hall–Kier alpha value is -3.28. The maximum atomic E-state index is 14.3. The summed E-state index contributed by atoms with van der Waals surface area (Å²) in [6, 6.07) is 7.47. The third-order valence-corrected chi connectivity index (χ3v) is 5.65. The number of nitro groups is 1. The van der Waals surface area contributed by atoms with Gasteiger partial charge in [-0.25, -0.2) is 14.4 Å². The lowest BCUT2D eigenvalue weighted by Gasteiger charge is -2.28. The van der Waals surface area contributed by atoms with E-state index in [0.29, 0.717) is 10.9 Å². The van der Waals surface area contributed by atoms with Gasteiger partial charge in [-0.1, -0.05) is 29.5 Å². The number of hydrogen-bond donors (Lipinski definition) is 2. The Morgan fingerprint density at radius 1 is 1.29 bits per heavy atom. The fraction of sp³-hybridized carbons (Fsp3) is 0.273. The first kappa shape index (κ1) is 21.0. The summed E-state index contributed by atoms with van der Waals surface area (Å²) in [5.41, 5.74) is 0.511. The highest BCUT2D eigenvalue weighted by molar-refractivity contribution is 6.31. The van der Waals surface area contributed by atoms with E-state index in [0.717, 1.165) is 25.9 Å². The Morgan fingerprint density at radius 3 is 2.81 bits per heavy atom. The predicted molar refractivity (Wildman–Crippen MR) is 118 cm³/mol. The zero-order valence-corrected chi connectivity index (χ0v) is 17.5. The second kappa shape index (κ2) is 8.46. The number of hydrogen-bond acceptors (Lipinski definition) is 6. The molecule has 0 bridgehead atoms. The largest absolute Gasteiger partial charge is 0.337 e. The first-order valence-corrected chi connectivity index (χ1v) is 10.1. The lowest BCUT2D eigenvalue weighted by atomic mass is 9.81. The third-order valence-electron chi connectivity index (χ3n) is 5.36. The maximum Gasteiger partial charge on any atom is 0.285 e. The van der Waals surface area contributed by atoms with Gasteiger partial charge in [0.2, 0.25) is 0 Å². The molecule has 2 N–H and O–H groups in total. The molecule has 0 atom stereocenters. The molecule has 0 amide bonds. The Bertz CT molecular complexity index is 1230. The van der Waals surface area contributed by atoms with Crippen LogP contribution in [0.2, 0.25) is 5.02 Å². The molecule has 1 aliphatic rings. The molecule has 0 spiro atoms. The van der Waals surface area contributed by atoms with Gasteiger partial charge in [-0.05, 0) is 51.1 Å². The average Bonchev–Trinajstić information content (AvgIpc) is 2.75. The van der Waals surface area contributed by atoms with Gasteiger partial charge < -0.3 is 10.6 Å². The minimum atomic E-state index is -0.636. The number of rotatable bonds is 3. The van der Waals surface area contributed by atoms with Gasteiger partial charge in [-0.3, -0.25) is 10.1 Å². The van der Waals surface area contributed by atoms with Crippen molar-refractivity contribution in [3.8, 4) is 11.8 Å². The molecule has 1 aromatic heterocycles. The minimum absolute atomic E-state index is 0.0432. The highest BCUT2D eigenvalue weighted by atomic mass is 35.5. The Kier molecular flexibility index (Phi) is 5.72. The van der Waals surface area contributed by atoms with Crippen molar-refractivity contribution in [2.45, 2.75) is 19.8 Å². The van der Waals surface area contributed by atoms with E-state index in [-0.39, 0.29) is 33.2 Å². The number of fused-ring (bicyclic) bond motifs is 1. The van der Waals surface area contributed by atoms with E-state index < -0.39 is 10.7 Å². The van der Waals surface area contributed by atoms with E-state index in [4.69, 9.17) is 11.6 Å². The third kappa shape index (κ3) is 4.43. The number of halogens is 2. The summed E-state index contributed by atoms with van der Waals surface area (Å²) in [5, 5.41) is 18.2. The van der Waals surface area contributed by atoms with Gasteiger partial charge in [-0.15, -0.1) is 0 Å². The van der Waals surface area contributed by atoms with E-state index in [1.807, 2.05) is 0 Å². The van der Waals surface area contributed by atoms with Crippen molar-refractivity contribution in [2.24, 2.45) is 5.41 Å². The Labute approximate surface area is 183 Å². The molecular weight excluding hydrogens is 421 g/mol. The number of nitro benzene ring substituents is 1. The van der Waals surface area contributed by atoms with Crippen LogP contribution in [-0.2, 0) is 0 Å². The van der Waals surface area contributed by atoms with Crippen LogP contribution in [0.4, 0.5) is 21.6 Å². The Balaban J connectivity index is 1.78. The van der Waals surface area contributed by atoms with Crippen LogP contribution < -0.4 is 10.6 Å². The number of nitrogens with zero attached hydrogens (tertiary/aromatic N) is 3. The van der Waals surface area contributed by atoms with Crippen molar-refractivity contribution in [3.63, 3.8) is 0 Å². The van der Waals surface area contributed by atoms with E-state index in [2.05, 4.69) is 39.4 Å². The topological polar surface area (TPSA) is 93.0 Å². The highest BCUT2D eigenvalue weighted by Gasteiger charge is 2.25. The summed E-state index contributed by atoms with van der Waals surface area (Å²) in [5.74, 6) is 5.83. The molecule has 9 heteroatoms. The number of nitrogens with one attached hydrogen (secondary N) is 2. The van der Waals surface area contributed by atoms with Crippen molar-refractivity contribution >= 4 is 39.7 Å². The molecule has 1 aliphatic heterocycles. The first-order chi connectivity index (χ1) is 14.9. The van der Waals surface area contributed by atoms with Crippen LogP contribution in [-0.4, -0.2) is 28.0 Å². The van der Waals surface area contributed by atoms with Crippen molar-refractivity contribution in [3.05, 3.63) is 63.2 Å². The van der Waals surface area contributed by atoms with Crippen LogP contribution in [0.3, 0.4) is 0 Å². The van der Waals surface area contributed by atoms with Gasteiger partial charge in [0, 0.05) is 16.9 Å². The molecule has 2 aromatic carbocycles. The molecule has 1 fully saturated rings.